The lowest BCUT2D eigenvalue weighted by atomic mass is 9.99. The third kappa shape index (κ3) is 2.79. The molecule has 6 heteroatoms. The first-order valence-corrected chi connectivity index (χ1v) is 6.49. The predicted molar refractivity (Wildman–Crippen MR) is 70.3 cm³/mol. The van der Waals surface area contributed by atoms with Crippen molar-refractivity contribution in [1.82, 2.24) is 0 Å². The van der Waals surface area contributed by atoms with Crippen molar-refractivity contribution in [3.63, 3.8) is 0 Å². The zero-order chi connectivity index (χ0) is 14.9. The lowest BCUT2D eigenvalue weighted by molar-refractivity contribution is -0.277. The highest BCUT2D eigenvalue weighted by atomic mass is 16.7. The second-order valence-electron chi connectivity index (χ2n) is 5.01. The molecule has 20 heavy (non-hydrogen) atoms. The number of hydrogen-bond donors (Lipinski definition) is 4. The Morgan fingerprint density at radius 2 is 1.80 bits per heavy atom. The van der Waals surface area contributed by atoms with E-state index in [-0.39, 0.29) is 0 Å². The maximum absolute atomic E-state index is 9.90. The van der Waals surface area contributed by atoms with Gasteiger partial charge in [-0.25, -0.2) is 0 Å². The van der Waals surface area contributed by atoms with Crippen molar-refractivity contribution in [3.8, 4) is 5.75 Å². The molecular formula is C14H20O6. The fraction of sp³-hybridized carbons (Fsp3) is 0.571. The summed E-state index contributed by atoms with van der Waals surface area (Å²) >= 11 is 0. The molecule has 0 aliphatic carbocycles. The Labute approximate surface area is 117 Å². The van der Waals surface area contributed by atoms with Crippen molar-refractivity contribution in [3.05, 3.63) is 29.3 Å². The number of aryl methyl sites for hydroxylation is 1. The number of benzene rings is 1. The zero-order valence-electron chi connectivity index (χ0n) is 11.4. The lowest BCUT2D eigenvalue weighted by Gasteiger charge is -2.39. The molecule has 1 aromatic rings. The first kappa shape index (κ1) is 15.2. The van der Waals surface area contributed by atoms with E-state index in [1.165, 1.54) is 0 Å². The molecule has 0 amide bonds. The summed E-state index contributed by atoms with van der Waals surface area (Å²) in [5, 5.41) is 38.4. The van der Waals surface area contributed by atoms with Crippen molar-refractivity contribution < 1.29 is 29.9 Å². The third-order valence-corrected chi connectivity index (χ3v) is 3.65. The zero-order valence-corrected chi connectivity index (χ0v) is 11.4. The molecule has 1 heterocycles. The molecule has 0 unspecified atom stereocenters. The van der Waals surface area contributed by atoms with Crippen molar-refractivity contribution in [2.24, 2.45) is 0 Å². The number of aliphatic hydroxyl groups excluding tert-OH is 4. The predicted octanol–water partition coefficient (Wildman–Crippen LogP) is -0.518. The number of aliphatic hydroxyl groups is 4. The van der Waals surface area contributed by atoms with Gasteiger partial charge in [-0.15, -0.1) is 0 Å². The van der Waals surface area contributed by atoms with Gasteiger partial charge in [0.2, 0.25) is 6.29 Å². The Bertz CT molecular complexity index is 461. The third-order valence-electron chi connectivity index (χ3n) is 3.65. The molecule has 1 fully saturated rings. The van der Waals surface area contributed by atoms with Crippen LogP contribution in [-0.2, 0) is 4.74 Å². The molecule has 0 spiro atoms. The molecule has 1 aliphatic heterocycles. The number of rotatable bonds is 3. The number of hydrogen-bond acceptors (Lipinski definition) is 6. The molecule has 1 aliphatic rings. The number of ether oxygens (including phenoxy) is 2. The highest BCUT2D eigenvalue weighted by molar-refractivity contribution is 5.38. The Balaban J connectivity index is 2.17. The van der Waals surface area contributed by atoms with E-state index in [0.29, 0.717) is 5.75 Å². The van der Waals surface area contributed by atoms with E-state index in [9.17, 15) is 15.3 Å². The molecule has 0 aromatic heterocycles. The summed E-state index contributed by atoms with van der Waals surface area (Å²) in [6, 6.07) is 5.46. The fourth-order valence-electron chi connectivity index (χ4n) is 2.14. The molecule has 1 saturated heterocycles. The first-order valence-electron chi connectivity index (χ1n) is 6.49. The summed E-state index contributed by atoms with van der Waals surface area (Å²) < 4.78 is 10.9. The molecule has 2 rings (SSSR count). The van der Waals surface area contributed by atoms with Crippen LogP contribution in [0.15, 0.2) is 18.2 Å². The monoisotopic (exact) mass is 284 g/mol. The van der Waals surface area contributed by atoms with Gasteiger partial charge in [0.1, 0.15) is 30.2 Å². The molecule has 0 bridgehead atoms. The van der Waals surface area contributed by atoms with Gasteiger partial charge in [0.15, 0.2) is 0 Å². The van der Waals surface area contributed by atoms with Gasteiger partial charge in [-0.2, -0.15) is 0 Å². The molecular weight excluding hydrogens is 264 g/mol. The minimum absolute atomic E-state index is 0.475. The fourth-order valence-corrected chi connectivity index (χ4v) is 2.14. The highest BCUT2D eigenvalue weighted by Crippen LogP contribution is 2.27. The quantitative estimate of drug-likeness (QED) is 0.596. The average molecular weight is 284 g/mol. The van der Waals surface area contributed by atoms with Gasteiger partial charge in [0.25, 0.3) is 0 Å². The van der Waals surface area contributed by atoms with E-state index < -0.39 is 37.3 Å². The van der Waals surface area contributed by atoms with Gasteiger partial charge in [-0.05, 0) is 31.0 Å². The molecule has 0 radical (unpaired) electrons. The minimum atomic E-state index is -1.43. The molecule has 1 aromatic carbocycles. The van der Waals surface area contributed by atoms with Gasteiger partial charge in [0, 0.05) is 0 Å². The van der Waals surface area contributed by atoms with Crippen molar-refractivity contribution >= 4 is 0 Å². The Morgan fingerprint density at radius 3 is 2.45 bits per heavy atom. The van der Waals surface area contributed by atoms with Crippen LogP contribution in [0, 0.1) is 13.8 Å². The Morgan fingerprint density at radius 1 is 1.10 bits per heavy atom. The topological polar surface area (TPSA) is 99.4 Å². The van der Waals surface area contributed by atoms with E-state index in [1.807, 2.05) is 26.0 Å². The molecule has 6 nitrogen and oxygen atoms in total. The maximum Gasteiger partial charge on any atom is 0.229 e. The van der Waals surface area contributed by atoms with Crippen LogP contribution in [0.3, 0.4) is 0 Å². The SMILES string of the molecule is Cc1cccc(O[C@H]2O[C@H](CO)[C@H](O)[C@@H](O)[C@@H]2O)c1C. The van der Waals surface area contributed by atoms with E-state index in [1.54, 1.807) is 6.07 Å². The van der Waals surface area contributed by atoms with Crippen molar-refractivity contribution in [1.29, 1.82) is 0 Å². The van der Waals surface area contributed by atoms with E-state index in [0.717, 1.165) is 11.1 Å². The second-order valence-corrected chi connectivity index (χ2v) is 5.01. The van der Waals surface area contributed by atoms with Crippen LogP contribution in [0.4, 0.5) is 0 Å². The Hall–Kier alpha value is -1.18. The van der Waals surface area contributed by atoms with Crippen molar-refractivity contribution in [2.45, 2.75) is 44.6 Å². The Kier molecular flexibility index (Phi) is 4.62. The summed E-state index contributed by atoms with van der Waals surface area (Å²) in [7, 11) is 0. The maximum atomic E-state index is 9.90. The highest BCUT2D eigenvalue weighted by Gasteiger charge is 2.44. The van der Waals surface area contributed by atoms with E-state index in [4.69, 9.17) is 14.6 Å². The summed E-state index contributed by atoms with van der Waals surface area (Å²) in [4.78, 5) is 0. The second kappa shape index (κ2) is 6.07. The van der Waals surface area contributed by atoms with Gasteiger partial charge < -0.3 is 29.9 Å². The summed E-state index contributed by atoms with van der Waals surface area (Å²) in [6.45, 7) is 3.32. The lowest BCUT2D eigenvalue weighted by Crippen LogP contribution is -2.60. The minimum Gasteiger partial charge on any atom is -0.462 e. The summed E-state index contributed by atoms with van der Waals surface area (Å²) in [6.07, 6.45) is -6.33. The average Bonchev–Trinajstić information content (AvgIpc) is 2.44. The largest absolute Gasteiger partial charge is 0.462 e. The van der Waals surface area contributed by atoms with Gasteiger partial charge in [0.05, 0.1) is 6.61 Å². The van der Waals surface area contributed by atoms with Gasteiger partial charge in [-0.1, -0.05) is 12.1 Å². The van der Waals surface area contributed by atoms with Crippen LogP contribution in [0.2, 0.25) is 0 Å². The molecule has 0 saturated carbocycles. The van der Waals surface area contributed by atoms with E-state index in [2.05, 4.69) is 0 Å². The standard InChI is InChI=1S/C14H20O6/c1-7-4-3-5-9(8(7)2)19-14-13(18)12(17)11(16)10(6-15)20-14/h3-5,10-18H,6H2,1-2H3/t10-,11+,12-,13+,14+/m1/s1. The smallest absolute Gasteiger partial charge is 0.229 e. The van der Waals surface area contributed by atoms with E-state index >= 15 is 0 Å². The van der Waals surface area contributed by atoms with Crippen LogP contribution in [-0.4, -0.2) is 57.7 Å². The van der Waals surface area contributed by atoms with Crippen LogP contribution < -0.4 is 4.74 Å². The van der Waals surface area contributed by atoms with Crippen LogP contribution in [0.1, 0.15) is 11.1 Å². The van der Waals surface area contributed by atoms with Crippen molar-refractivity contribution in [2.75, 3.05) is 6.61 Å². The summed E-state index contributed by atoms with van der Waals surface area (Å²) in [5.74, 6) is 0.523. The summed E-state index contributed by atoms with van der Waals surface area (Å²) in [5.41, 5.74) is 1.91. The van der Waals surface area contributed by atoms with Crippen LogP contribution in [0.5, 0.6) is 5.75 Å². The normalized spacial score (nSPS) is 34.0. The van der Waals surface area contributed by atoms with Gasteiger partial charge >= 0.3 is 0 Å². The van der Waals surface area contributed by atoms with Gasteiger partial charge in [-0.3, -0.25) is 0 Å². The molecule has 4 N–H and O–H groups in total. The molecule has 5 atom stereocenters. The van der Waals surface area contributed by atoms with Crippen LogP contribution >= 0.6 is 0 Å². The molecule has 112 valence electrons. The van der Waals surface area contributed by atoms with Crippen LogP contribution in [0.25, 0.3) is 0 Å². The first-order chi connectivity index (χ1) is 9.45.